The molecule has 1 atom stereocenters. The molecule has 0 saturated carbocycles. The van der Waals surface area contributed by atoms with Crippen molar-refractivity contribution in [2.45, 2.75) is 19.4 Å². The van der Waals surface area contributed by atoms with Crippen LogP contribution in [0.25, 0.3) is 0 Å². The molecule has 6 heteroatoms. The maximum Gasteiger partial charge on any atom is 0.244 e. The van der Waals surface area contributed by atoms with Gasteiger partial charge in [0.15, 0.2) is 0 Å². The Morgan fingerprint density at radius 1 is 1.40 bits per heavy atom. The molecule has 1 amide bonds. The van der Waals surface area contributed by atoms with Crippen LogP contribution >= 0.6 is 0 Å². The molecule has 1 N–H and O–H groups in total. The van der Waals surface area contributed by atoms with Crippen molar-refractivity contribution in [3.05, 3.63) is 42.5 Å². The molecule has 106 valence electrons. The standard InChI is InChI=1S/C14H18N4O2/c1-11(18-10-15-9-17-18)14(19)16-8-7-12-3-5-13(20-2)6-4-12/h3-6,9-11H,7-8H2,1-2H3,(H,16,19)/t11-/m0/s1. The first-order valence-electron chi connectivity index (χ1n) is 6.45. The second kappa shape index (κ2) is 6.70. The molecule has 0 aliphatic carbocycles. The van der Waals surface area contributed by atoms with Gasteiger partial charge in [0.25, 0.3) is 0 Å². The fourth-order valence-electron chi connectivity index (χ4n) is 1.81. The quantitative estimate of drug-likeness (QED) is 0.859. The lowest BCUT2D eigenvalue weighted by atomic mass is 10.1. The van der Waals surface area contributed by atoms with Gasteiger partial charge >= 0.3 is 0 Å². The summed E-state index contributed by atoms with van der Waals surface area (Å²) < 4.78 is 6.63. The van der Waals surface area contributed by atoms with Gasteiger partial charge in [0, 0.05) is 6.54 Å². The van der Waals surface area contributed by atoms with Crippen molar-refractivity contribution < 1.29 is 9.53 Å². The van der Waals surface area contributed by atoms with E-state index >= 15 is 0 Å². The Bertz CT molecular complexity index is 537. The van der Waals surface area contributed by atoms with Gasteiger partial charge in [-0.3, -0.25) is 4.79 Å². The minimum Gasteiger partial charge on any atom is -0.497 e. The minimum atomic E-state index is -0.353. The molecule has 2 rings (SSSR count). The molecule has 1 heterocycles. The summed E-state index contributed by atoms with van der Waals surface area (Å²) in [6, 6.07) is 7.45. The Morgan fingerprint density at radius 2 is 2.15 bits per heavy atom. The molecule has 2 aromatic rings. The number of carbonyl (C=O) groups is 1. The highest BCUT2D eigenvalue weighted by Gasteiger charge is 2.14. The largest absolute Gasteiger partial charge is 0.497 e. The fraction of sp³-hybridized carbons (Fsp3) is 0.357. The van der Waals surface area contributed by atoms with Gasteiger partial charge in [0.2, 0.25) is 5.91 Å². The van der Waals surface area contributed by atoms with Gasteiger partial charge in [-0.15, -0.1) is 0 Å². The molecule has 0 fully saturated rings. The summed E-state index contributed by atoms with van der Waals surface area (Å²) in [5.74, 6) is 0.765. The number of carbonyl (C=O) groups excluding carboxylic acids is 1. The predicted octanol–water partition coefficient (Wildman–Crippen LogP) is 1.21. The molecule has 0 spiro atoms. The highest BCUT2D eigenvalue weighted by Crippen LogP contribution is 2.11. The Labute approximate surface area is 117 Å². The summed E-state index contributed by atoms with van der Waals surface area (Å²) in [6.45, 7) is 2.38. The third-order valence-electron chi connectivity index (χ3n) is 3.08. The van der Waals surface area contributed by atoms with Crippen LogP contribution in [0.15, 0.2) is 36.9 Å². The van der Waals surface area contributed by atoms with Gasteiger partial charge in [-0.05, 0) is 31.0 Å². The summed E-state index contributed by atoms with van der Waals surface area (Å²) in [5, 5.41) is 6.84. The number of benzene rings is 1. The molecule has 6 nitrogen and oxygen atoms in total. The topological polar surface area (TPSA) is 69.0 Å². The molecule has 0 unspecified atom stereocenters. The van der Waals surface area contributed by atoms with Gasteiger partial charge in [-0.1, -0.05) is 12.1 Å². The molecular formula is C14H18N4O2. The Balaban J connectivity index is 1.78. The first-order chi connectivity index (χ1) is 9.70. The van der Waals surface area contributed by atoms with Crippen molar-refractivity contribution in [2.75, 3.05) is 13.7 Å². The van der Waals surface area contributed by atoms with Gasteiger partial charge in [-0.25, -0.2) is 9.67 Å². The number of aromatic nitrogens is 3. The number of nitrogens with one attached hydrogen (secondary N) is 1. The van der Waals surface area contributed by atoms with Gasteiger partial charge in [0.1, 0.15) is 24.4 Å². The molecular weight excluding hydrogens is 256 g/mol. The molecule has 0 aliphatic heterocycles. The molecule has 0 radical (unpaired) electrons. The van der Waals surface area contributed by atoms with E-state index in [0.29, 0.717) is 6.54 Å². The van der Waals surface area contributed by atoms with Crippen LogP contribution in [-0.2, 0) is 11.2 Å². The number of rotatable bonds is 6. The molecule has 1 aromatic carbocycles. The fourth-order valence-corrected chi connectivity index (χ4v) is 1.81. The van der Waals surface area contributed by atoms with E-state index in [0.717, 1.165) is 17.7 Å². The number of ether oxygens (including phenoxy) is 1. The first-order valence-corrected chi connectivity index (χ1v) is 6.45. The first kappa shape index (κ1) is 14.0. The smallest absolute Gasteiger partial charge is 0.244 e. The molecule has 0 saturated heterocycles. The summed E-state index contributed by atoms with van der Waals surface area (Å²) in [6.07, 6.45) is 3.73. The van der Waals surface area contributed by atoms with Crippen LogP contribution in [0.5, 0.6) is 5.75 Å². The Hall–Kier alpha value is -2.37. The third kappa shape index (κ3) is 3.57. The predicted molar refractivity (Wildman–Crippen MR) is 74.4 cm³/mol. The summed E-state index contributed by atoms with van der Waals surface area (Å²) in [4.78, 5) is 15.7. The van der Waals surface area contributed by atoms with Gasteiger partial charge in [-0.2, -0.15) is 5.10 Å². The number of amides is 1. The lowest BCUT2D eigenvalue weighted by molar-refractivity contribution is -0.124. The maximum atomic E-state index is 11.9. The maximum absolute atomic E-state index is 11.9. The van der Waals surface area contributed by atoms with E-state index < -0.39 is 0 Å². The van der Waals surface area contributed by atoms with Crippen LogP contribution in [0.4, 0.5) is 0 Å². The Kier molecular flexibility index (Phi) is 4.70. The van der Waals surface area contributed by atoms with Crippen LogP contribution in [0.1, 0.15) is 18.5 Å². The van der Waals surface area contributed by atoms with E-state index in [9.17, 15) is 4.79 Å². The lowest BCUT2D eigenvalue weighted by Crippen LogP contribution is -2.32. The molecule has 20 heavy (non-hydrogen) atoms. The zero-order valence-corrected chi connectivity index (χ0v) is 11.6. The van der Waals surface area contributed by atoms with Crippen LogP contribution in [-0.4, -0.2) is 34.3 Å². The van der Waals surface area contributed by atoms with E-state index in [1.807, 2.05) is 24.3 Å². The van der Waals surface area contributed by atoms with Crippen molar-refractivity contribution in [3.8, 4) is 5.75 Å². The summed E-state index contributed by atoms with van der Waals surface area (Å²) in [7, 11) is 1.64. The Morgan fingerprint density at radius 3 is 2.75 bits per heavy atom. The average molecular weight is 274 g/mol. The van der Waals surface area contributed by atoms with Crippen molar-refractivity contribution in [3.63, 3.8) is 0 Å². The van der Waals surface area contributed by atoms with E-state index in [1.54, 1.807) is 14.0 Å². The van der Waals surface area contributed by atoms with Crippen LogP contribution in [0.3, 0.4) is 0 Å². The summed E-state index contributed by atoms with van der Waals surface area (Å²) >= 11 is 0. The van der Waals surface area contributed by atoms with E-state index in [2.05, 4.69) is 15.4 Å². The van der Waals surface area contributed by atoms with Gasteiger partial charge < -0.3 is 10.1 Å². The lowest BCUT2D eigenvalue weighted by Gasteiger charge is -2.12. The van der Waals surface area contributed by atoms with Crippen molar-refractivity contribution in [1.82, 2.24) is 20.1 Å². The van der Waals surface area contributed by atoms with E-state index in [-0.39, 0.29) is 11.9 Å². The minimum absolute atomic E-state index is 0.0657. The highest BCUT2D eigenvalue weighted by molar-refractivity contribution is 5.79. The summed E-state index contributed by atoms with van der Waals surface area (Å²) in [5.41, 5.74) is 1.15. The molecule has 0 bridgehead atoms. The normalized spacial score (nSPS) is 11.9. The monoisotopic (exact) mass is 274 g/mol. The second-order valence-electron chi connectivity index (χ2n) is 4.44. The van der Waals surface area contributed by atoms with E-state index in [4.69, 9.17) is 4.74 Å². The third-order valence-corrected chi connectivity index (χ3v) is 3.08. The highest BCUT2D eigenvalue weighted by atomic mass is 16.5. The SMILES string of the molecule is COc1ccc(CCNC(=O)[C@H](C)n2cncn2)cc1. The number of hydrogen-bond acceptors (Lipinski definition) is 4. The second-order valence-corrected chi connectivity index (χ2v) is 4.44. The van der Waals surface area contributed by atoms with Crippen LogP contribution in [0.2, 0.25) is 0 Å². The number of nitrogens with zero attached hydrogens (tertiary/aromatic N) is 3. The van der Waals surface area contributed by atoms with Crippen molar-refractivity contribution in [1.29, 1.82) is 0 Å². The van der Waals surface area contributed by atoms with Crippen LogP contribution in [0, 0.1) is 0 Å². The van der Waals surface area contributed by atoms with Gasteiger partial charge in [0.05, 0.1) is 7.11 Å². The zero-order chi connectivity index (χ0) is 14.4. The number of hydrogen-bond donors (Lipinski definition) is 1. The molecule has 1 aromatic heterocycles. The van der Waals surface area contributed by atoms with Crippen molar-refractivity contribution in [2.24, 2.45) is 0 Å². The molecule has 0 aliphatic rings. The number of methoxy groups -OCH3 is 1. The van der Waals surface area contributed by atoms with Crippen molar-refractivity contribution >= 4 is 5.91 Å². The van der Waals surface area contributed by atoms with Crippen LogP contribution < -0.4 is 10.1 Å². The van der Waals surface area contributed by atoms with E-state index in [1.165, 1.54) is 17.3 Å². The zero-order valence-electron chi connectivity index (χ0n) is 11.6. The average Bonchev–Trinajstić information content (AvgIpc) is 3.01.